The van der Waals surface area contributed by atoms with Gasteiger partial charge in [0.05, 0.1) is 5.69 Å². The second kappa shape index (κ2) is 6.02. The Kier molecular flexibility index (Phi) is 4.38. The molecule has 18 heavy (non-hydrogen) atoms. The number of nitrogens with one attached hydrogen (secondary N) is 1. The maximum absolute atomic E-state index is 13.5. The number of aryl methyl sites for hydroxylation is 1. The molecule has 2 rings (SSSR count). The molecule has 1 heterocycles. The second-order valence-corrected chi connectivity index (χ2v) is 4.96. The molecule has 96 valence electrons. The molecule has 5 heteroatoms. The van der Waals surface area contributed by atoms with Gasteiger partial charge < -0.3 is 9.73 Å². The third-order valence-corrected chi connectivity index (χ3v) is 3.15. The van der Waals surface area contributed by atoms with Crippen molar-refractivity contribution in [3.8, 4) is 0 Å². The lowest BCUT2D eigenvalue weighted by Crippen LogP contribution is -2.11. The molecular formula is C13H15FN2OS. The molecule has 2 aromatic rings. The van der Waals surface area contributed by atoms with Crippen molar-refractivity contribution in [3.05, 3.63) is 41.5 Å². The van der Waals surface area contributed by atoms with Crippen LogP contribution in [-0.4, -0.2) is 11.5 Å². The zero-order valence-electron chi connectivity index (χ0n) is 10.4. The Morgan fingerprint density at radius 2 is 2.22 bits per heavy atom. The highest BCUT2D eigenvalue weighted by Crippen LogP contribution is 2.28. The van der Waals surface area contributed by atoms with Gasteiger partial charge in [-0.1, -0.05) is 6.92 Å². The predicted molar refractivity (Wildman–Crippen MR) is 69.1 cm³/mol. The Balaban J connectivity index is 2.14. The molecule has 0 saturated heterocycles. The van der Waals surface area contributed by atoms with Crippen molar-refractivity contribution in [3.63, 3.8) is 0 Å². The Labute approximate surface area is 110 Å². The quantitative estimate of drug-likeness (QED) is 0.900. The zero-order chi connectivity index (χ0) is 13.0. The van der Waals surface area contributed by atoms with Crippen molar-refractivity contribution in [2.75, 3.05) is 6.54 Å². The molecule has 1 N–H and O–H groups in total. The van der Waals surface area contributed by atoms with Crippen molar-refractivity contribution >= 4 is 11.8 Å². The standard InChI is InChI=1S/C13H15FN2OS/c1-3-15-7-10-4-11(14)6-12(5-10)18-13-16-9(2)8-17-13/h4-6,8,15H,3,7H2,1-2H3. The van der Waals surface area contributed by atoms with Crippen molar-refractivity contribution in [1.29, 1.82) is 0 Å². The van der Waals surface area contributed by atoms with Crippen molar-refractivity contribution < 1.29 is 8.81 Å². The lowest BCUT2D eigenvalue weighted by molar-refractivity contribution is 0.454. The molecule has 0 aliphatic rings. The monoisotopic (exact) mass is 266 g/mol. The van der Waals surface area contributed by atoms with Crippen LogP contribution in [0.5, 0.6) is 0 Å². The van der Waals surface area contributed by atoms with Gasteiger partial charge in [-0.3, -0.25) is 0 Å². The van der Waals surface area contributed by atoms with E-state index in [4.69, 9.17) is 4.42 Å². The maximum atomic E-state index is 13.5. The van der Waals surface area contributed by atoms with Gasteiger partial charge in [-0.15, -0.1) is 0 Å². The Hall–Kier alpha value is -1.33. The van der Waals surface area contributed by atoms with E-state index in [0.29, 0.717) is 11.8 Å². The molecule has 0 fully saturated rings. The molecule has 0 bridgehead atoms. The summed E-state index contributed by atoms with van der Waals surface area (Å²) in [6.45, 7) is 5.39. The summed E-state index contributed by atoms with van der Waals surface area (Å²) in [5, 5.41) is 3.71. The highest BCUT2D eigenvalue weighted by Gasteiger charge is 2.06. The van der Waals surface area contributed by atoms with Crippen molar-refractivity contribution in [1.82, 2.24) is 10.3 Å². The van der Waals surface area contributed by atoms with Gasteiger partial charge in [-0.25, -0.2) is 9.37 Å². The minimum Gasteiger partial charge on any atom is -0.439 e. The zero-order valence-corrected chi connectivity index (χ0v) is 11.2. The maximum Gasteiger partial charge on any atom is 0.260 e. The Morgan fingerprint density at radius 3 is 2.89 bits per heavy atom. The minimum atomic E-state index is -0.240. The molecule has 0 aliphatic heterocycles. The fourth-order valence-corrected chi connectivity index (χ4v) is 2.40. The molecule has 0 atom stereocenters. The van der Waals surface area contributed by atoms with E-state index in [9.17, 15) is 4.39 Å². The van der Waals surface area contributed by atoms with Gasteiger partial charge >= 0.3 is 0 Å². The van der Waals surface area contributed by atoms with Gasteiger partial charge in [-0.05, 0) is 49.0 Å². The van der Waals surface area contributed by atoms with E-state index in [-0.39, 0.29) is 5.82 Å². The van der Waals surface area contributed by atoms with Gasteiger partial charge in [0, 0.05) is 11.4 Å². The fourth-order valence-electron chi connectivity index (χ4n) is 1.53. The van der Waals surface area contributed by atoms with Gasteiger partial charge in [-0.2, -0.15) is 0 Å². The summed E-state index contributed by atoms with van der Waals surface area (Å²) < 4.78 is 18.7. The third-order valence-electron chi connectivity index (χ3n) is 2.31. The van der Waals surface area contributed by atoms with E-state index in [1.165, 1.54) is 23.9 Å². The molecule has 0 aliphatic carbocycles. The van der Waals surface area contributed by atoms with E-state index in [1.807, 2.05) is 19.9 Å². The molecule has 1 aromatic carbocycles. The Morgan fingerprint density at radius 1 is 1.39 bits per heavy atom. The first-order valence-corrected chi connectivity index (χ1v) is 6.59. The molecule has 0 radical (unpaired) electrons. The van der Waals surface area contributed by atoms with Gasteiger partial charge in [0.2, 0.25) is 0 Å². The highest BCUT2D eigenvalue weighted by molar-refractivity contribution is 7.99. The molecule has 0 unspecified atom stereocenters. The van der Waals surface area contributed by atoms with Crippen LogP contribution < -0.4 is 5.32 Å². The van der Waals surface area contributed by atoms with Gasteiger partial charge in [0.1, 0.15) is 12.1 Å². The summed E-state index contributed by atoms with van der Waals surface area (Å²) in [5.41, 5.74) is 1.74. The summed E-state index contributed by atoms with van der Waals surface area (Å²) in [7, 11) is 0. The van der Waals surface area contributed by atoms with Crippen LogP contribution in [0.1, 0.15) is 18.2 Å². The molecular weight excluding hydrogens is 251 g/mol. The summed E-state index contributed by atoms with van der Waals surface area (Å²) in [6, 6.07) is 4.96. The van der Waals surface area contributed by atoms with Crippen LogP contribution in [0.25, 0.3) is 0 Å². The number of nitrogens with zero attached hydrogens (tertiary/aromatic N) is 1. The van der Waals surface area contributed by atoms with Gasteiger partial charge in [0.15, 0.2) is 0 Å². The molecule has 0 spiro atoms. The summed E-state index contributed by atoms with van der Waals surface area (Å²) in [4.78, 5) is 4.98. The van der Waals surface area contributed by atoms with E-state index in [1.54, 1.807) is 6.26 Å². The third kappa shape index (κ3) is 3.58. The van der Waals surface area contributed by atoms with Crippen LogP contribution in [-0.2, 0) is 6.54 Å². The van der Waals surface area contributed by atoms with Crippen LogP contribution in [0.3, 0.4) is 0 Å². The van der Waals surface area contributed by atoms with Crippen molar-refractivity contribution in [2.24, 2.45) is 0 Å². The van der Waals surface area contributed by atoms with Crippen LogP contribution >= 0.6 is 11.8 Å². The Bertz CT molecular complexity index is 527. The fraction of sp³-hybridized carbons (Fsp3) is 0.308. The number of aromatic nitrogens is 1. The van der Waals surface area contributed by atoms with Crippen LogP contribution in [0.4, 0.5) is 4.39 Å². The number of oxazole rings is 1. The van der Waals surface area contributed by atoms with E-state index >= 15 is 0 Å². The largest absolute Gasteiger partial charge is 0.439 e. The smallest absolute Gasteiger partial charge is 0.260 e. The molecule has 0 saturated carbocycles. The molecule has 1 aromatic heterocycles. The predicted octanol–water partition coefficient (Wildman–Crippen LogP) is 3.38. The first kappa shape index (κ1) is 13.1. The lowest BCUT2D eigenvalue weighted by Gasteiger charge is -2.05. The molecule has 0 amide bonds. The highest BCUT2D eigenvalue weighted by atomic mass is 32.2. The van der Waals surface area contributed by atoms with Crippen molar-refractivity contribution in [2.45, 2.75) is 30.5 Å². The summed E-state index contributed by atoms with van der Waals surface area (Å²) in [5.74, 6) is -0.240. The van der Waals surface area contributed by atoms with Crippen LogP contribution in [0.15, 0.2) is 39.0 Å². The number of rotatable bonds is 5. The number of hydrogen-bond donors (Lipinski definition) is 1. The lowest BCUT2D eigenvalue weighted by atomic mass is 10.2. The van der Waals surface area contributed by atoms with Gasteiger partial charge in [0.25, 0.3) is 5.22 Å². The minimum absolute atomic E-state index is 0.240. The van der Waals surface area contributed by atoms with E-state index in [2.05, 4.69) is 10.3 Å². The summed E-state index contributed by atoms with van der Waals surface area (Å²) >= 11 is 1.32. The SMILES string of the molecule is CCNCc1cc(F)cc(Sc2nc(C)co2)c1. The normalized spacial score (nSPS) is 10.8. The van der Waals surface area contributed by atoms with Crippen LogP contribution in [0.2, 0.25) is 0 Å². The number of hydrogen-bond acceptors (Lipinski definition) is 4. The van der Waals surface area contributed by atoms with E-state index in [0.717, 1.165) is 22.7 Å². The van der Waals surface area contributed by atoms with Crippen LogP contribution in [0, 0.1) is 12.7 Å². The number of halogens is 1. The average molecular weight is 266 g/mol. The average Bonchev–Trinajstić information content (AvgIpc) is 2.71. The van der Waals surface area contributed by atoms with E-state index < -0.39 is 0 Å². The first-order valence-electron chi connectivity index (χ1n) is 5.77. The first-order chi connectivity index (χ1) is 8.67. The molecule has 3 nitrogen and oxygen atoms in total. The number of benzene rings is 1. The second-order valence-electron chi connectivity index (χ2n) is 3.93. The summed E-state index contributed by atoms with van der Waals surface area (Å²) in [6.07, 6.45) is 1.58. The topological polar surface area (TPSA) is 38.1 Å².